The lowest BCUT2D eigenvalue weighted by Crippen LogP contribution is -1.99. The molecule has 13 heavy (non-hydrogen) atoms. The summed E-state index contributed by atoms with van der Waals surface area (Å²) in [6, 6.07) is 3.61. The van der Waals surface area contributed by atoms with Crippen LogP contribution in [0, 0.1) is 0 Å². The predicted octanol–water partition coefficient (Wildman–Crippen LogP) is 3.54. The average Bonchev–Trinajstić information content (AvgIpc) is 2.13. The molecule has 76 valence electrons. The van der Waals surface area contributed by atoms with E-state index in [0.29, 0.717) is 12.1 Å². The van der Waals surface area contributed by atoms with E-state index in [1.165, 1.54) is 6.42 Å². The first-order valence-corrected chi connectivity index (χ1v) is 5.39. The summed E-state index contributed by atoms with van der Waals surface area (Å²) in [5.41, 5.74) is 0. The van der Waals surface area contributed by atoms with E-state index in [2.05, 4.69) is 43.7 Å². The van der Waals surface area contributed by atoms with Gasteiger partial charge in [0, 0.05) is 0 Å². The van der Waals surface area contributed by atoms with Crippen LogP contribution in [0.1, 0.15) is 53.4 Å². The van der Waals surface area contributed by atoms with Gasteiger partial charge in [0.2, 0.25) is 0 Å². The van der Waals surface area contributed by atoms with Crippen LogP contribution in [0.4, 0.5) is 0 Å². The summed E-state index contributed by atoms with van der Waals surface area (Å²) >= 11 is 0. The molecule has 0 aliphatic carbocycles. The lowest BCUT2D eigenvalue weighted by molar-refractivity contribution is 0.628. The van der Waals surface area contributed by atoms with Gasteiger partial charge in [0.15, 0.2) is 0 Å². The first-order chi connectivity index (χ1) is 6.24. The molecule has 0 aromatic rings. The fourth-order valence-corrected chi connectivity index (χ4v) is 1.17. The summed E-state index contributed by atoms with van der Waals surface area (Å²) in [6.07, 6.45) is 4.48. The molecule has 0 spiro atoms. The predicted molar refractivity (Wildman–Crippen MR) is 58.6 cm³/mol. The number of aliphatic imine (C=N–C) groups is 2. The topological polar surface area (TPSA) is 24.7 Å². The minimum atomic E-state index is 0.378. The summed E-state index contributed by atoms with van der Waals surface area (Å²) in [4.78, 5) is 8.50. The van der Waals surface area contributed by atoms with Crippen LogP contribution < -0.4 is 0 Å². The number of rotatable bonds is 6. The summed E-state index contributed by atoms with van der Waals surface area (Å²) in [6.45, 7) is 8.58. The lowest BCUT2D eigenvalue weighted by atomic mass is 10.2. The standard InChI is InChI=1S/C11H22N2/c1-5-8-10(4)12-9-13-11(6-2)7-3/h10-11H,5-8H2,1-4H3/t10-/m0/s1. The molecule has 0 saturated carbocycles. The van der Waals surface area contributed by atoms with Crippen molar-refractivity contribution in [1.82, 2.24) is 0 Å². The first kappa shape index (κ1) is 12.4. The van der Waals surface area contributed by atoms with Crippen LogP contribution in [0.2, 0.25) is 0 Å². The van der Waals surface area contributed by atoms with Crippen LogP contribution in [0.25, 0.3) is 0 Å². The largest absolute Gasteiger partial charge is 0.223 e. The van der Waals surface area contributed by atoms with Gasteiger partial charge in [-0.05, 0) is 26.2 Å². The Bertz CT molecular complexity index is 165. The second-order valence-electron chi connectivity index (χ2n) is 3.47. The maximum absolute atomic E-state index is 4.27. The van der Waals surface area contributed by atoms with Crippen LogP contribution in [0.15, 0.2) is 9.98 Å². The minimum Gasteiger partial charge on any atom is -0.223 e. The highest BCUT2D eigenvalue weighted by Gasteiger charge is 1.97. The second-order valence-corrected chi connectivity index (χ2v) is 3.47. The van der Waals surface area contributed by atoms with Gasteiger partial charge in [0.05, 0.1) is 18.1 Å². The molecule has 0 unspecified atom stereocenters. The SMILES string of the molecule is CCC[C@H](C)N=C=NC(CC)CC. The molecule has 0 aliphatic heterocycles. The molecule has 0 amide bonds. The monoisotopic (exact) mass is 182 g/mol. The lowest BCUT2D eigenvalue weighted by Gasteiger charge is -2.02. The number of hydrogen-bond acceptors (Lipinski definition) is 2. The Morgan fingerprint density at radius 1 is 1.08 bits per heavy atom. The van der Waals surface area contributed by atoms with Gasteiger partial charge in [0.25, 0.3) is 0 Å². The maximum Gasteiger partial charge on any atom is 0.0898 e. The molecule has 0 heterocycles. The van der Waals surface area contributed by atoms with E-state index in [1.807, 2.05) is 0 Å². The smallest absolute Gasteiger partial charge is 0.0898 e. The fraction of sp³-hybridized carbons (Fsp3) is 0.909. The molecule has 0 aliphatic rings. The zero-order valence-electron chi connectivity index (χ0n) is 9.38. The highest BCUT2D eigenvalue weighted by molar-refractivity contribution is 5.41. The van der Waals surface area contributed by atoms with E-state index in [4.69, 9.17) is 0 Å². The number of hydrogen-bond donors (Lipinski definition) is 0. The van der Waals surface area contributed by atoms with Crippen molar-refractivity contribution in [2.75, 3.05) is 0 Å². The van der Waals surface area contributed by atoms with E-state index in [-0.39, 0.29) is 0 Å². The van der Waals surface area contributed by atoms with E-state index in [0.717, 1.165) is 19.3 Å². The average molecular weight is 182 g/mol. The van der Waals surface area contributed by atoms with Crippen molar-refractivity contribution in [1.29, 1.82) is 0 Å². The zero-order chi connectivity index (χ0) is 10.1. The van der Waals surface area contributed by atoms with Crippen LogP contribution in [0.5, 0.6) is 0 Å². The van der Waals surface area contributed by atoms with E-state index in [9.17, 15) is 0 Å². The second kappa shape index (κ2) is 8.00. The van der Waals surface area contributed by atoms with Crippen molar-refractivity contribution in [2.24, 2.45) is 9.98 Å². The van der Waals surface area contributed by atoms with Gasteiger partial charge in [-0.3, -0.25) is 0 Å². The molecule has 0 aromatic heterocycles. The Kier molecular flexibility index (Phi) is 7.62. The molecule has 0 bridgehead atoms. The third kappa shape index (κ3) is 6.53. The third-order valence-corrected chi connectivity index (χ3v) is 2.17. The fourth-order valence-electron chi connectivity index (χ4n) is 1.17. The summed E-state index contributed by atoms with van der Waals surface area (Å²) < 4.78 is 0. The first-order valence-electron chi connectivity index (χ1n) is 5.39. The van der Waals surface area contributed by atoms with Gasteiger partial charge in [0.1, 0.15) is 0 Å². The van der Waals surface area contributed by atoms with Crippen molar-refractivity contribution in [3.05, 3.63) is 0 Å². The van der Waals surface area contributed by atoms with Gasteiger partial charge in [-0.2, -0.15) is 0 Å². The van der Waals surface area contributed by atoms with Crippen molar-refractivity contribution in [3.63, 3.8) is 0 Å². The molecule has 0 rings (SSSR count). The normalized spacial score (nSPS) is 12.4. The van der Waals surface area contributed by atoms with E-state index in [1.54, 1.807) is 0 Å². The highest BCUT2D eigenvalue weighted by atomic mass is 14.9. The summed E-state index contributed by atoms with van der Waals surface area (Å²) in [5, 5.41) is 0. The Labute approximate surface area is 82.2 Å². The van der Waals surface area contributed by atoms with Crippen molar-refractivity contribution in [3.8, 4) is 0 Å². The van der Waals surface area contributed by atoms with Gasteiger partial charge in [-0.25, -0.2) is 9.98 Å². The van der Waals surface area contributed by atoms with Gasteiger partial charge in [-0.1, -0.05) is 27.2 Å². The van der Waals surface area contributed by atoms with Gasteiger partial charge < -0.3 is 0 Å². The molecule has 0 aromatic carbocycles. The Morgan fingerprint density at radius 2 is 1.69 bits per heavy atom. The third-order valence-electron chi connectivity index (χ3n) is 2.17. The summed E-state index contributed by atoms with van der Waals surface area (Å²) in [7, 11) is 0. The Balaban J connectivity index is 3.91. The molecule has 2 nitrogen and oxygen atoms in total. The highest BCUT2D eigenvalue weighted by Crippen LogP contribution is 2.01. The van der Waals surface area contributed by atoms with Crippen molar-refractivity contribution in [2.45, 2.75) is 65.5 Å². The quantitative estimate of drug-likeness (QED) is 0.561. The van der Waals surface area contributed by atoms with E-state index < -0.39 is 0 Å². The molecular formula is C11H22N2. The van der Waals surface area contributed by atoms with Crippen LogP contribution in [0.3, 0.4) is 0 Å². The molecule has 2 heteroatoms. The van der Waals surface area contributed by atoms with E-state index >= 15 is 0 Å². The van der Waals surface area contributed by atoms with Crippen molar-refractivity contribution >= 4 is 6.01 Å². The van der Waals surface area contributed by atoms with Crippen LogP contribution in [-0.2, 0) is 0 Å². The minimum absolute atomic E-state index is 0.378. The van der Waals surface area contributed by atoms with Crippen LogP contribution >= 0.6 is 0 Å². The maximum atomic E-state index is 4.27. The van der Waals surface area contributed by atoms with Gasteiger partial charge >= 0.3 is 0 Å². The zero-order valence-corrected chi connectivity index (χ0v) is 9.38. The molecule has 0 radical (unpaired) electrons. The molecule has 1 atom stereocenters. The Hall–Kier alpha value is -0.620. The molecule has 0 N–H and O–H groups in total. The number of nitrogens with zero attached hydrogens (tertiary/aromatic N) is 2. The molecular weight excluding hydrogens is 160 g/mol. The Morgan fingerprint density at radius 3 is 2.15 bits per heavy atom. The van der Waals surface area contributed by atoms with Crippen molar-refractivity contribution < 1.29 is 0 Å². The van der Waals surface area contributed by atoms with Gasteiger partial charge in [-0.15, -0.1) is 0 Å². The molecule has 0 saturated heterocycles. The molecule has 0 fully saturated rings. The summed E-state index contributed by atoms with van der Waals surface area (Å²) in [5.74, 6) is 0. The van der Waals surface area contributed by atoms with Crippen LogP contribution in [-0.4, -0.2) is 18.1 Å².